The molecule has 0 bridgehead atoms. The van der Waals surface area contributed by atoms with Gasteiger partial charge in [-0.15, -0.1) is 0 Å². The molecule has 0 fully saturated rings. The van der Waals surface area contributed by atoms with Crippen molar-refractivity contribution in [2.45, 2.75) is 115 Å². The minimum Gasteiger partial charge on any atom is -0.481 e. The van der Waals surface area contributed by atoms with Crippen molar-refractivity contribution < 1.29 is 53.4 Å². The number of hydrogen-bond acceptors (Lipinski definition) is 12. The van der Waals surface area contributed by atoms with E-state index in [1.165, 1.54) is 0 Å². The number of rotatable bonds is 29. The van der Waals surface area contributed by atoms with Crippen molar-refractivity contribution in [3.63, 3.8) is 0 Å². The molecule has 358 valence electrons. The number of carbonyl (C=O) groups is 9. The van der Waals surface area contributed by atoms with E-state index in [9.17, 15) is 53.4 Å². The van der Waals surface area contributed by atoms with Crippen molar-refractivity contribution in [3.8, 4) is 0 Å². The predicted molar refractivity (Wildman–Crippen MR) is 244 cm³/mol. The van der Waals surface area contributed by atoms with Gasteiger partial charge < -0.3 is 58.9 Å². The molecule has 7 atom stereocenters. The Morgan fingerprint density at radius 3 is 1.57 bits per heavy atom. The minimum atomic E-state index is -1.79. The lowest BCUT2D eigenvalue weighted by molar-refractivity contribution is -0.141. The van der Waals surface area contributed by atoms with Gasteiger partial charge in [0.15, 0.2) is 0 Å². The summed E-state index contributed by atoms with van der Waals surface area (Å²) in [4.78, 5) is 118. The lowest BCUT2D eigenvalue weighted by Gasteiger charge is -2.27. The van der Waals surface area contributed by atoms with Crippen LogP contribution in [0.4, 0.5) is 0 Å². The number of unbranched alkanes of at least 4 members (excludes halogenated alkanes) is 1. The van der Waals surface area contributed by atoms with E-state index in [0.717, 1.165) is 0 Å². The van der Waals surface area contributed by atoms with Crippen molar-refractivity contribution in [2.75, 3.05) is 18.8 Å². The average Bonchev–Trinajstić information content (AvgIpc) is 3.25. The van der Waals surface area contributed by atoms with Crippen LogP contribution in [0.1, 0.15) is 70.9 Å². The van der Waals surface area contributed by atoms with E-state index in [4.69, 9.17) is 11.5 Å². The summed E-state index contributed by atoms with van der Waals surface area (Å²) in [7, 11) is 0. The third kappa shape index (κ3) is 20.5. The number of hydrogen-bond donors (Lipinski definition) is 12. The maximum atomic E-state index is 13.7. The first-order chi connectivity index (χ1) is 30.7. The van der Waals surface area contributed by atoms with Crippen LogP contribution in [-0.2, 0) is 56.0 Å². The quantitative estimate of drug-likeness (QED) is 0.0350. The third-order valence-corrected chi connectivity index (χ3v) is 10.4. The van der Waals surface area contributed by atoms with E-state index >= 15 is 0 Å². The number of carboxylic acids is 2. The van der Waals surface area contributed by atoms with Gasteiger partial charge in [0.05, 0.1) is 19.0 Å². The van der Waals surface area contributed by atoms with Crippen LogP contribution in [0.15, 0.2) is 60.7 Å². The number of nitrogens with two attached hydrogens (primary N) is 2. The lowest BCUT2D eigenvalue weighted by atomic mass is 10.0. The summed E-state index contributed by atoms with van der Waals surface area (Å²) in [6.07, 6.45) is 0.247. The molecular formula is C44H65N9O11S. The van der Waals surface area contributed by atoms with Crippen LogP contribution in [-0.4, -0.2) is 125 Å². The molecule has 0 saturated heterocycles. The molecule has 0 spiro atoms. The van der Waals surface area contributed by atoms with Crippen LogP contribution >= 0.6 is 12.6 Å². The van der Waals surface area contributed by atoms with E-state index in [1.54, 1.807) is 88.4 Å². The van der Waals surface area contributed by atoms with Crippen molar-refractivity contribution in [3.05, 3.63) is 71.8 Å². The molecule has 0 aliphatic carbocycles. The maximum absolute atomic E-state index is 13.7. The van der Waals surface area contributed by atoms with Gasteiger partial charge in [-0.05, 0) is 55.2 Å². The van der Waals surface area contributed by atoms with Crippen LogP contribution in [0.5, 0.6) is 0 Å². The minimum absolute atomic E-state index is 0.0298. The second kappa shape index (κ2) is 28.7. The maximum Gasteiger partial charge on any atom is 0.326 e. The lowest BCUT2D eigenvalue weighted by Crippen LogP contribution is -2.60. The van der Waals surface area contributed by atoms with Gasteiger partial charge in [0, 0.05) is 18.6 Å². The molecule has 0 aliphatic heterocycles. The highest BCUT2D eigenvalue weighted by Gasteiger charge is 2.34. The van der Waals surface area contributed by atoms with Gasteiger partial charge in [-0.1, -0.05) is 88.4 Å². The summed E-state index contributed by atoms with van der Waals surface area (Å²) in [5.41, 5.74) is 12.9. The summed E-state index contributed by atoms with van der Waals surface area (Å²) >= 11 is 4.20. The van der Waals surface area contributed by atoms with Crippen LogP contribution in [0.2, 0.25) is 0 Å². The number of benzene rings is 2. The fourth-order valence-electron chi connectivity index (χ4n) is 6.35. The smallest absolute Gasteiger partial charge is 0.326 e. The van der Waals surface area contributed by atoms with E-state index < -0.39 is 109 Å². The van der Waals surface area contributed by atoms with Crippen LogP contribution in [0, 0.1) is 11.8 Å². The van der Waals surface area contributed by atoms with Gasteiger partial charge in [-0.2, -0.15) is 12.6 Å². The molecule has 21 heteroatoms. The molecule has 2 aromatic rings. The highest BCUT2D eigenvalue weighted by Crippen LogP contribution is 2.11. The number of thiol groups is 1. The Morgan fingerprint density at radius 2 is 1.06 bits per heavy atom. The van der Waals surface area contributed by atoms with Gasteiger partial charge in [-0.25, -0.2) is 4.79 Å². The van der Waals surface area contributed by atoms with Crippen LogP contribution in [0.25, 0.3) is 0 Å². The van der Waals surface area contributed by atoms with Gasteiger partial charge in [0.1, 0.15) is 36.3 Å². The van der Waals surface area contributed by atoms with E-state index in [0.29, 0.717) is 30.5 Å². The molecular weight excluding hydrogens is 863 g/mol. The standard InChI is InChI=1S/C44H65N9O11S/c1-25(2)19-30(50-39(58)29(17-11-12-18-45)49-43(62)37(46)26(3)4)40(59)53-34(24-65)42(61)52-32(22-36(55)56)41(60)51-31(20-27-13-7-5-8-14-27)38(57)47-23-35(54)48-33(44(63)64)21-28-15-9-6-10-16-28/h5-10,13-16,25-26,29-34,37,65H,11-12,17-24,45-46H2,1-4H3,(H,47,57)(H,48,54)(H,49,62)(H,50,58)(H,51,60)(H,52,61)(H,53,59)(H,55,56)(H,63,64)/t29-,30-,31-,32-,33-,34-,37-/m0/s1. The Bertz CT molecular complexity index is 1910. The van der Waals surface area contributed by atoms with Crippen molar-refractivity contribution in [1.82, 2.24) is 37.2 Å². The molecule has 20 nitrogen and oxygen atoms in total. The average molecular weight is 928 g/mol. The summed E-state index contributed by atoms with van der Waals surface area (Å²) in [5.74, 6) is -9.34. The van der Waals surface area contributed by atoms with Gasteiger partial charge in [0.25, 0.3) is 0 Å². The SMILES string of the molecule is CC(C)C[C@H](NC(=O)[C@H](CCCCN)NC(=O)[C@@H](N)C(C)C)C(=O)N[C@@H](CS)C(=O)N[C@@H](CC(=O)O)C(=O)N[C@@H](Cc1ccccc1)C(=O)NCC(=O)N[C@@H](Cc1ccccc1)C(=O)O. The first-order valence-electron chi connectivity index (χ1n) is 21.4. The third-order valence-electron chi connectivity index (χ3n) is 10.0. The fraction of sp³-hybridized carbons (Fsp3) is 0.523. The van der Waals surface area contributed by atoms with Crippen molar-refractivity contribution >= 4 is 65.9 Å². The Labute approximate surface area is 384 Å². The highest BCUT2D eigenvalue weighted by atomic mass is 32.1. The monoisotopic (exact) mass is 927 g/mol. The topological polar surface area (TPSA) is 330 Å². The first-order valence-corrected chi connectivity index (χ1v) is 22.1. The summed E-state index contributed by atoms with van der Waals surface area (Å²) < 4.78 is 0. The first kappa shape index (κ1) is 55.1. The molecule has 0 radical (unpaired) electrons. The number of carboxylic acid groups (broad SMARTS) is 2. The Kier molecular flexibility index (Phi) is 24.3. The van der Waals surface area contributed by atoms with Gasteiger partial charge >= 0.3 is 11.9 Å². The molecule has 2 rings (SSSR count). The summed E-state index contributed by atoms with van der Waals surface area (Å²) in [6.45, 7) is 6.79. The Hall–Kier alpha value is -6.06. The van der Waals surface area contributed by atoms with Gasteiger partial charge in [0.2, 0.25) is 41.4 Å². The molecule has 0 saturated carbocycles. The number of nitrogens with one attached hydrogen (secondary N) is 7. The molecule has 13 N–H and O–H groups in total. The summed E-state index contributed by atoms with van der Waals surface area (Å²) in [6, 6.07) is 7.83. The molecule has 2 aromatic carbocycles. The molecule has 0 heterocycles. The van der Waals surface area contributed by atoms with E-state index in [-0.39, 0.29) is 43.3 Å². The van der Waals surface area contributed by atoms with Crippen molar-refractivity contribution in [2.24, 2.45) is 23.3 Å². The molecule has 7 amide bonds. The molecule has 0 unspecified atom stereocenters. The molecule has 65 heavy (non-hydrogen) atoms. The Balaban J connectivity index is 2.24. The van der Waals surface area contributed by atoms with E-state index in [1.807, 2.05) is 0 Å². The molecule has 0 aromatic heterocycles. The highest BCUT2D eigenvalue weighted by molar-refractivity contribution is 7.80. The second-order valence-electron chi connectivity index (χ2n) is 16.3. The zero-order valence-corrected chi connectivity index (χ0v) is 38.1. The van der Waals surface area contributed by atoms with Crippen molar-refractivity contribution in [1.29, 1.82) is 0 Å². The largest absolute Gasteiger partial charge is 0.481 e. The van der Waals surface area contributed by atoms with Gasteiger partial charge in [-0.3, -0.25) is 38.4 Å². The fourth-order valence-corrected chi connectivity index (χ4v) is 6.60. The molecule has 0 aliphatic rings. The van der Waals surface area contributed by atoms with Crippen LogP contribution in [0.3, 0.4) is 0 Å². The van der Waals surface area contributed by atoms with Crippen LogP contribution < -0.4 is 48.7 Å². The predicted octanol–water partition coefficient (Wildman–Crippen LogP) is -0.856. The summed E-state index contributed by atoms with van der Waals surface area (Å²) in [5, 5.41) is 36.8. The Morgan fingerprint density at radius 1 is 0.585 bits per heavy atom. The zero-order valence-electron chi connectivity index (χ0n) is 37.2. The second-order valence-corrected chi connectivity index (χ2v) is 16.7. The number of carbonyl (C=O) groups excluding carboxylic acids is 7. The zero-order chi connectivity index (χ0) is 48.6. The number of aliphatic carboxylic acids is 2. The van der Waals surface area contributed by atoms with E-state index in [2.05, 4.69) is 49.8 Å². The number of amides is 7. The normalized spacial score (nSPS) is 14.3.